The summed E-state index contributed by atoms with van der Waals surface area (Å²) in [4.78, 5) is 22.7. The van der Waals surface area contributed by atoms with Gasteiger partial charge in [0, 0.05) is 11.8 Å². The number of nitrogens with one attached hydrogen (secondary N) is 2. The summed E-state index contributed by atoms with van der Waals surface area (Å²) in [6.07, 6.45) is 0. The molecule has 7 nitrogen and oxygen atoms in total. The Kier molecular flexibility index (Phi) is 5.73. The monoisotopic (exact) mass is 329 g/mol. The summed E-state index contributed by atoms with van der Waals surface area (Å²) in [5.74, 6) is 0.387. The third-order valence-corrected chi connectivity index (χ3v) is 3.30. The first-order valence-corrected chi connectivity index (χ1v) is 7.55. The molecule has 0 aliphatic rings. The molecule has 0 aliphatic heterocycles. The van der Waals surface area contributed by atoms with Gasteiger partial charge in [-0.3, -0.25) is 14.9 Å². The van der Waals surface area contributed by atoms with E-state index in [0.717, 1.165) is 11.4 Å². The lowest BCUT2D eigenvalue weighted by molar-refractivity contribution is -0.383. The van der Waals surface area contributed by atoms with Crippen LogP contribution >= 0.6 is 0 Å². The molecule has 1 amide bonds. The number of benzene rings is 2. The smallest absolute Gasteiger partial charge is 0.292 e. The minimum atomic E-state index is -0.567. The zero-order valence-corrected chi connectivity index (χ0v) is 13.5. The molecule has 0 aliphatic carbocycles. The number of amides is 1. The largest absolute Gasteiger partial charge is 0.494 e. The van der Waals surface area contributed by atoms with Gasteiger partial charge in [-0.2, -0.15) is 0 Å². The van der Waals surface area contributed by atoms with Crippen LogP contribution in [0.4, 0.5) is 17.1 Å². The van der Waals surface area contributed by atoms with Crippen molar-refractivity contribution in [2.24, 2.45) is 0 Å². The van der Waals surface area contributed by atoms with Gasteiger partial charge in [-0.25, -0.2) is 0 Å². The Labute approximate surface area is 139 Å². The van der Waals surface area contributed by atoms with Crippen molar-refractivity contribution in [3.63, 3.8) is 0 Å². The SMILES string of the molecule is CCOc1ccc(NC(C)C(=O)Nc2ccccc2[N+](=O)[O-])cc1. The Bertz CT molecular complexity index is 716. The number of hydrogen-bond donors (Lipinski definition) is 2. The maximum Gasteiger partial charge on any atom is 0.292 e. The maximum atomic E-state index is 12.2. The highest BCUT2D eigenvalue weighted by Gasteiger charge is 2.18. The van der Waals surface area contributed by atoms with Gasteiger partial charge in [-0.1, -0.05) is 12.1 Å². The second kappa shape index (κ2) is 7.96. The van der Waals surface area contributed by atoms with Gasteiger partial charge in [0.05, 0.1) is 11.5 Å². The van der Waals surface area contributed by atoms with E-state index in [1.807, 2.05) is 6.92 Å². The number of carbonyl (C=O) groups excluding carboxylic acids is 1. The second-order valence-electron chi connectivity index (χ2n) is 5.09. The lowest BCUT2D eigenvalue weighted by Crippen LogP contribution is -2.32. The Balaban J connectivity index is 2.01. The maximum absolute atomic E-state index is 12.2. The Morgan fingerprint density at radius 1 is 1.21 bits per heavy atom. The van der Waals surface area contributed by atoms with E-state index in [9.17, 15) is 14.9 Å². The first-order chi connectivity index (χ1) is 11.5. The third-order valence-electron chi connectivity index (χ3n) is 3.30. The molecular formula is C17H19N3O4. The van der Waals surface area contributed by atoms with Gasteiger partial charge in [0.1, 0.15) is 17.5 Å². The van der Waals surface area contributed by atoms with E-state index in [4.69, 9.17) is 4.74 Å². The quantitative estimate of drug-likeness (QED) is 0.599. The van der Waals surface area contributed by atoms with E-state index in [0.29, 0.717) is 6.61 Å². The fourth-order valence-electron chi connectivity index (χ4n) is 2.11. The summed E-state index contributed by atoms with van der Waals surface area (Å²) in [5.41, 5.74) is 0.788. The van der Waals surface area contributed by atoms with Gasteiger partial charge in [-0.15, -0.1) is 0 Å². The number of ether oxygens (including phenoxy) is 1. The molecule has 7 heteroatoms. The number of carbonyl (C=O) groups is 1. The van der Waals surface area contributed by atoms with Gasteiger partial charge < -0.3 is 15.4 Å². The average molecular weight is 329 g/mol. The van der Waals surface area contributed by atoms with Crippen molar-refractivity contribution in [3.8, 4) is 5.75 Å². The van der Waals surface area contributed by atoms with Crippen LogP contribution in [0.5, 0.6) is 5.75 Å². The molecule has 0 bridgehead atoms. The Morgan fingerprint density at radius 2 is 1.88 bits per heavy atom. The van der Waals surface area contributed by atoms with Crippen molar-refractivity contribution in [1.29, 1.82) is 0 Å². The highest BCUT2D eigenvalue weighted by atomic mass is 16.6. The molecule has 1 unspecified atom stereocenters. The van der Waals surface area contributed by atoms with Crippen LogP contribution in [0.15, 0.2) is 48.5 Å². The van der Waals surface area contributed by atoms with Gasteiger partial charge in [0.15, 0.2) is 0 Å². The van der Waals surface area contributed by atoms with Crippen LogP contribution in [-0.4, -0.2) is 23.5 Å². The van der Waals surface area contributed by atoms with Crippen LogP contribution < -0.4 is 15.4 Å². The molecule has 0 radical (unpaired) electrons. The number of nitrogens with zero attached hydrogens (tertiary/aromatic N) is 1. The molecule has 2 aromatic carbocycles. The van der Waals surface area contributed by atoms with Crippen molar-refractivity contribution in [1.82, 2.24) is 0 Å². The number of para-hydroxylation sites is 2. The Morgan fingerprint density at radius 3 is 2.50 bits per heavy atom. The fourth-order valence-corrected chi connectivity index (χ4v) is 2.11. The molecule has 0 aromatic heterocycles. The summed E-state index contributed by atoms with van der Waals surface area (Å²) in [6, 6.07) is 12.7. The summed E-state index contributed by atoms with van der Waals surface area (Å²) in [6.45, 7) is 4.17. The van der Waals surface area contributed by atoms with Crippen molar-refractivity contribution in [3.05, 3.63) is 58.6 Å². The van der Waals surface area contributed by atoms with Crippen molar-refractivity contribution >= 4 is 23.0 Å². The molecule has 1 atom stereocenters. The third kappa shape index (κ3) is 4.45. The molecule has 0 spiro atoms. The standard InChI is InChI=1S/C17H19N3O4/c1-3-24-14-10-8-13(9-11-14)18-12(2)17(21)19-15-6-4-5-7-16(15)20(22)23/h4-12,18H,3H2,1-2H3,(H,19,21). The molecule has 2 aromatic rings. The number of hydrogen-bond acceptors (Lipinski definition) is 5. The fraction of sp³-hybridized carbons (Fsp3) is 0.235. The highest BCUT2D eigenvalue weighted by molar-refractivity contribution is 5.97. The van der Waals surface area contributed by atoms with Crippen LogP contribution in [0.2, 0.25) is 0 Å². The van der Waals surface area contributed by atoms with Crippen LogP contribution in [0, 0.1) is 10.1 Å². The highest BCUT2D eigenvalue weighted by Crippen LogP contribution is 2.23. The number of anilines is 2. The molecule has 24 heavy (non-hydrogen) atoms. The normalized spacial score (nSPS) is 11.4. The van der Waals surface area contributed by atoms with E-state index in [1.54, 1.807) is 43.3 Å². The first-order valence-electron chi connectivity index (χ1n) is 7.55. The molecule has 0 saturated heterocycles. The molecule has 0 fully saturated rings. The predicted molar refractivity (Wildman–Crippen MR) is 92.4 cm³/mol. The van der Waals surface area contributed by atoms with E-state index in [-0.39, 0.29) is 17.3 Å². The molecule has 2 N–H and O–H groups in total. The van der Waals surface area contributed by atoms with Crippen LogP contribution in [0.3, 0.4) is 0 Å². The average Bonchev–Trinajstić information content (AvgIpc) is 2.57. The lowest BCUT2D eigenvalue weighted by atomic mass is 10.2. The number of rotatable bonds is 7. The predicted octanol–water partition coefficient (Wildman–Crippen LogP) is 3.43. The molecular weight excluding hydrogens is 310 g/mol. The topological polar surface area (TPSA) is 93.5 Å². The van der Waals surface area contributed by atoms with Gasteiger partial charge >= 0.3 is 0 Å². The minimum absolute atomic E-state index is 0.140. The van der Waals surface area contributed by atoms with Crippen LogP contribution in [-0.2, 0) is 4.79 Å². The summed E-state index contributed by atoms with van der Waals surface area (Å²) < 4.78 is 5.36. The van der Waals surface area contributed by atoms with Gasteiger partial charge in [0.25, 0.3) is 5.69 Å². The number of nitro benzene ring substituents is 1. The van der Waals surface area contributed by atoms with E-state index >= 15 is 0 Å². The summed E-state index contributed by atoms with van der Waals surface area (Å²) >= 11 is 0. The van der Waals surface area contributed by atoms with E-state index in [2.05, 4.69) is 10.6 Å². The molecule has 126 valence electrons. The lowest BCUT2D eigenvalue weighted by Gasteiger charge is -2.15. The molecule has 0 saturated carbocycles. The Hall–Kier alpha value is -3.09. The minimum Gasteiger partial charge on any atom is -0.494 e. The van der Waals surface area contributed by atoms with Crippen LogP contribution in [0.1, 0.15) is 13.8 Å². The summed E-state index contributed by atoms with van der Waals surface area (Å²) in [5, 5.41) is 16.6. The second-order valence-corrected chi connectivity index (χ2v) is 5.09. The van der Waals surface area contributed by atoms with Gasteiger partial charge in [-0.05, 0) is 44.2 Å². The first kappa shape index (κ1) is 17.3. The van der Waals surface area contributed by atoms with Crippen molar-refractivity contribution < 1.29 is 14.5 Å². The summed E-state index contributed by atoms with van der Waals surface area (Å²) in [7, 11) is 0. The zero-order chi connectivity index (χ0) is 17.5. The van der Waals surface area contributed by atoms with Crippen molar-refractivity contribution in [2.75, 3.05) is 17.2 Å². The molecule has 2 rings (SSSR count). The van der Waals surface area contributed by atoms with E-state index in [1.165, 1.54) is 12.1 Å². The van der Waals surface area contributed by atoms with E-state index < -0.39 is 11.0 Å². The number of nitro groups is 1. The van der Waals surface area contributed by atoms with Crippen LogP contribution in [0.25, 0.3) is 0 Å². The molecule has 0 heterocycles. The zero-order valence-electron chi connectivity index (χ0n) is 13.5. The van der Waals surface area contributed by atoms with Crippen molar-refractivity contribution in [2.45, 2.75) is 19.9 Å². The van der Waals surface area contributed by atoms with Gasteiger partial charge in [0.2, 0.25) is 5.91 Å².